The molecule has 2 aromatic rings. The van der Waals surface area contributed by atoms with Crippen LogP contribution in [0.25, 0.3) is 0 Å². The van der Waals surface area contributed by atoms with E-state index in [4.69, 9.17) is 4.74 Å². The van der Waals surface area contributed by atoms with Crippen LogP contribution in [0.5, 0.6) is 5.75 Å². The highest BCUT2D eigenvalue weighted by atomic mass is 16.5. The number of aromatic carboxylic acids is 1. The zero-order chi connectivity index (χ0) is 15.9. The number of carbonyl (C=O) groups excluding carboxylic acids is 1. The van der Waals surface area contributed by atoms with Crippen LogP contribution < -0.4 is 4.74 Å². The Bertz CT molecular complexity index is 677. The zero-order valence-electron chi connectivity index (χ0n) is 12.4. The van der Waals surface area contributed by atoms with Gasteiger partial charge in [0.15, 0.2) is 0 Å². The van der Waals surface area contributed by atoms with E-state index in [2.05, 4.69) is 0 Å². The van der Waals surface area contributed by atoms with Crippen LogP contribution in [0.3, 0.4) is 0 Å². The number of carboxylic acid groups (broad SMARTS) is 1. The third-order valence-corrected chi connectivity index (χ3v) is 3.67. The maximum absolute atomic E-state index is 11.2. The number of carboxylic acids is 1. The largest absolute Gasteiger partial charge is 0.478 e. The molecule has 0 heterocycles. The summed E-state index contributed by atoms with van der Waals surface area (Å²) in [6.45, 7) is 2.43. The molecule has 22 heavy (non-hydrogen) atoms. The number of aryl methyl sites for hydroxylation is 2. The van der Waals surface area contributed by atoms with Gasteiger partial charge in [0.1, 0.15) is 5.75 Å². The third kappa shape index (κ3) is 3.52. The summed E-state index contributed by atoms with van der Waals surface area (Å²) < 4.78 is 5.01. The fraction of sp³-hybridized carbons (Fsp3) is 0.222. The molecule has 0 saturated carbocycles. The van der Waals surface area contributed by atoms with Gasteiger partial charge >= 0.3 is 5.97 Å². The molecule has 0 amide bonds. The SMILES string of the molecule is CCc1c(CCc2ccccc2C(=O)O)cccc1OC=O. The van der Waals surface area contributed by atoms with Gasteiger partial charge in [0.25, 0.3) is 6.47 Å². The van der Waals surface area contributed by atoms with Crippen LogP contribution in [0.4, 0.5) is 0 Å². The van der Waals surface area contributed by atoms with Crippen LogP contribution in [0.15, 0.2) is 42.5 Å². The number of carbonyl (C=O) groups is 2. The van der Waals surface area contributed by atoms with E-state index in [1.807, 2.05) is 31.2 Å². The summed E-state index contributed by atoms with van der Waals surface area (Å²) in [4.78, 5) is 21.8. The van der Waals surface area contributed by atoms with Crippen molar-refractivity contribution in [3.8, 4) is 5.75 Å². The Morgan fingerprint density at radius 1 is 1.09 bits per heavy atom. The molecule has 0 aliphatic carbocycles. The molecule has 0 fully saturated rings. The molecule has 114 valence electrons. The van der Waals surface area contributed by atoms with Crippen LogP contribution >= 0.6 is 0 Å². The molecular weight excluding hydrogens is 280 g/mol. The third-order valence-electron chi connectivity index (χ3n) is 3.67. The lowest BCUT2D eigenvalue weighted by Gasteiger charge is -2.12. The molecule has 2 aromatic carbocycles. The number of rotatable bonds is 7. The van der Waals surface area contributed by atoms with Gasteiger partial charge in [-0.3, -0.25) is 4.79 Å². The smallest absolute Gasteiger partial charge is 0.335 e. The first-order chi connectivity index (χ1) is 10.7. The van der Waals surface area contributed by atoms with E-state index in [0.717, 1.165) is 23.1 Å². The van der Waals surface area contributed by atoms with E-state index in [1.165, 1.54) is 0 Å². The first-order valence-electron chi connectivity index (χ1n) is 7.19. The first-order valence-corrected chi connectivity index (χ1v) is 7.19. The van der Waals surface area contributed by atoms with Gasteiger partial charge in [-0.1, -0.05) is 37.3 Å². The summed E-state index contributed by atoms with van der Waals surface area (Å²) in [5.41, 5.74) is 3.20. The van der Waals surface area contributed by atoms with Crippen molar-refractivity contribution in [2.45, 2.75) is 26.2 Å². The van der Waals surface area contributed by atoms with Crippen molar-refractivity contribution in [3.63, 3.8) is 0 Å². The molecule has 0 aliphatic heterocycles. The van der Waals surface area contributed by atoms with Crippen molar-refractivity contribution in [3.05, 3.63) is 64.7 Å². The Hall–Kier alpha value is -2.62. The Morgan fingerprint density at radius 2 is 1.77 bits per heavy atom. The minimum Gasteiger partial charge on any atom is -0.478 e. The number of hydrogen-bond donors (Lipinski definition) is 1. The predicted molar refractivity (Wildman–Crippen MR) is 83.3 cm³/mol. The summed E-state index contributed by atoms with van der Waals surface area (Å²) in [5.74, 6) is -0.342. The van der Waals surface area contributed by atoms with Gasteiger partial charge in [-0.2, -0.15) is 0 Å². The highest BCUT2D eigenvalue weighted by Crippen LogP contribution is 2.24. The lowest BCUT2D eigenvalue weighted by atomic mass is 9.95. The fourth-order valence-corrected chi connectivity index (χ4v) is 2.63. The molecule has 0 saturated heterocycles. The lowest BCUT2D eigenvalue weighted by molar-refractivity contribution is -0.120. The number of ether oxygens (including phenoxy) is 1. The predicted octanol–water partition coefficient (Wildman–Crippen LogP) is 3.27. The number of hydrogen-bond acceptors (Lipinski definition) is 3. The van der Waals surface area contributed by atoms with Crippen molar-refractivity contribution >= 4 is 12.4 Å². The lowest BCUT2D eigenvalue weighted by Crippen LogP contribution is -2.05. The second-order valence-electron chi connectivity index (χ2n) is 4.92. The Kier molecular flexibility index (Phi) is 5.31. The van der Waals surface area contributed by atoms with Gasteiger partial charge in [0.05, 0.1) is 5.56 Å². The quantitative estimate of drug-likeness (QED) is 0.797. The average molecular weight is 298 g/mol. The summed E-state index contributed by atoms with van der Waals surface area (Å²) in [6.07, 6.45) is 2.07. The van der Waals surface area contributed by atoms with Gasteiger partial charge in [0.2, 0.25) is 0 Å². The van der Waals surface area contributed by atoms with Gasteiger partial charge < -0.3 is 9.84 Å². The van der Waals surface area contributed by atoms with E-state index in [0.29, 0.717) is 30.6 Å². The molecule has 0 atom stereocenters. The van der Waals surface area contributed by atoms with Crippen LogP contribution in [0.2, 0.25) is 0 Å². The maximum Gasteiger partial charge on any atom is 0.335 e. The Morgan fingerprint density at radius 3 is 2.45 bits per heavy atom. The van der Waals surface area contributed by atoms with Gasteiger partial charge in [0, 0.05) is 0 Å². The van der Waals surface area contributed by atoms with Gasteiger partial charge in [-0.15, -0.1) is 0 Å². The van der Waals surface area contributed by atoms with E-state index < -0.39 is 5.97 Å². The molecular formula is C18H18O4. The zero-order valence-corrected chi connectivity index (χ0v) is 12.4. The second-order valence-corrected chi connectivity index (χ2v) is 4.92. The Balaban J connectivity index is 2.24. The standard InChI is InChI=1S/C18H18O4/c1-2-15-13(7-5-9-17(15)22-12-19)10-11-14-6-3-4-8-16(14)18(20)21/h3-9,12H,2,10-11H2,1H3,(H,20,21). The normalized spacial score (nSPS) is 10.2. The summed E-state index contributed by atoms with van der Waals surface area (Å²) in [7, 11) is 0. The molecule has 0 radical (unpaired) electrons. The van der Waals surface area contributed by atoms with Crippen LogP contribution in [0.1, 0.15) is 34.0 Å². The molecule has 0 bridgehead atoms. The van der Waals surface area contributed by atoms with E-state index in [1.54, 1.807) is 18.2 Å². The molecule has 0 aromatic heterocycles. The van der Waals surface area contributed by atoms with E-state index in [-0.39, 0.29) is 0 Å². The highest BCUT2D eigenvalue weighted by Gasteiger charge is 2.11. The summed E-state index contributed by atoms with van der Waals surface area (Å²) >= 11 is 0. The maximum atomic E-state index is 11.2. The molecule has 4 nitrogen and oxygen atoms in total. The fourth-order valence-electron chi connectivity index (χ4n) is 2.63. The van der Waals surface area contributed by atoms with Gasteiger partial charge in [-0.05, 0) is 48.1 Å². The van der Waals surface area contributed by atoms with Gasteiger partial charge in [-0.25, -0.2) is 4.79 Å². The monoisotopic (exact) mass is 298 g/mol. The molecule has 0 unspecified atom stereocenters. The Labute approximate surface area is 129 Å². The summed E-state index contributed by atoms with van der Waals surface area (Å²) in [6, 6.07) is 12.6. The average Bonchev–Trinajstić information content (AvgIpc) is 2.53. The first kappa shape index (κ1) is 15.8. The molecule has 0 aliphatic rings. The van der Waals surface area contributed by atoms with Crippen LogP contribution in [-0.2, 0) is 24.1 Å². The van der Waals surface area contributed by atoms with Crippen molar-refractivity contribution in [1.29, 1.82) is 0 Å². The van der Waals surface area contributed by atoms with E-state index >= 15 is 0 Å². The molecule has 0 spiro atoms. The van der Waals surface area contributed by atoms with Crippen LogP contribution in [-0.4, -0.2) is 17.5 Å². The number of benzene rings is 2. The minimum absolute atomic E-state index is 0.334. The minimum atomic E-state index is -0.913. The van der Waals surface area contributed by atoms with Crippen molar-refractivity contribution < 1.29 is 19.4 Å². The highest BCUT2D eigenvalue weighted by molar-refractivity contribution is 5.89. The molecule has 4 heteroatoms. The topological polar surface area (TPSA) is 63.6 Å². The van der Waals surface area contributed by atoms with Crippen molar-refractivity contribution in [1.82, 2.24) is 0 Å². The molecule has 1 N–H and O–H groups in total. The van der Waals surface area contributed by atoms with Crippen LogP contribution in [0, 0.1) is 0 Å². The second kappa shape index (κ2) is 7.41. The molecule has 2 rings (SSSR count). The van der Waals surface area contributed by atoms with E-state index in [9.17, 15) is 14.7 Å². The summed E-state index contributed by atoms with van der Waals surface area (Å²) in [5, 5.41) is 9.22. The van der Waals surface area contributed by atoms with Crippen molar-refractivity contribution in [2.24, 2.45) is 0 Å². The van der Waals surface area contributed by atoms with Crippen molar-refractivity contribution in [2.75, 3.05) is 0 Å².